The van der Waals surface area contributed by atoms with Gasteiger partial charge in [0.1, 0.15) is 0 Å². The van der Waals surface area contributed by atoms with Crippen LogP contribution in [0.3, 0.4) is 0 Å². The zero-order valence-electron chi connectivity index (χ0n) is 13.6. The fourth-order valence-electron chi connectivity index (χ4n) is 2.02. The Morgan fingerprint density at radius 3 is 2.33 bits per heavy atom. The summed E-state index contributed by atoms with van der Waals surface area (Å²) in [5.41, 5.74) is 2.17. The SMILES string of the molecule is CSCC(C)C(=O)NCC(O)c1ccc(C(C)(C)C)cc1. The molecule has 3 nitrogen and oxygen atoms in total. The highest BCUT2D eigenvalue weighted by molar-refractivity contribution is 7.98. The van der Waals surface area contributed by atoms with Gasteiger partial charge in [-0.3, -0.25) is 4.79 Å². The number of amides is 1. The topological polar surface area (TPSA) is 49.3 Å². The van der Waals surface area contributed by atoms with Crippen molar-refractivity contribution in [3.05, 3.63) is 35.4 Å². The van der Waals surface area contributed by atoms with Crippen molar-refractivity contribution in [1.29, 1.82) is 0 Å². The van der Waals surface area contributed by atoms with Crippen LogP contribution >= 0.6 is 11.8 Å². The number of carbonyl (C=O) groups excluding carboxylic acids is 1. The Morgan fingerprint density at radius 2 is 1.86 bits per heavy atom. The smallest absolute Gasteiger partial charge is 0.223 e. The van der Waals surface area contributed by atoms with Gasteiger partial charge in [-0.15, -0.1) is 0 Å². The number of hydrogen-bond donors (Lipinski definition) is 2. The molecule has 0 aromatic heterocycles. The summed E-state index contributed by atoms with van der Waals surface area (Å²) in [6, 6.07) is 7.94. The van der Waals surface area contributed by atoms with Crippen LogP contribution in [0.5, 0.6) is 0 Å². The van der Waals surface area contributed by atoms with Crippen LogP contribution in [-0.4, -0.2) is 29.6 Å². The monoisotopic (exact) mass is 309 g/mol. The molecule has 0 aliphatic rings. The van der Waals surface area contributed by atoms with E-state index in [0.29, 0.717) is 0 Å². The Balaban J connectivity index is 2.56. The van der Waals surface area contributed by atoms with Gasteiger partial charge in [-0.05, 0) is 22.8 Å². The highest BCUT2D eigenvalue weighted by Gasteiger charge is 2.16. The first-order valence-electron chi connectivity index (χ1n) is 7.31. The lowest BCUT2D eigenvalue weighted by atomic mass is 9.86. The third-order valence-electron chi connectivity index (χ3n) is 3.50. The first-order valence-corrected chi connectivity index (χ1v) is 8.70. The number of carbonyl (C=O) groups is 1. The molecule has 0 saturated carbocycles. The lowest BCUT2D eigenvalue weighted by Gasteiger charge is -2.20. The molecule has 1 aromatic rings. The predicted octanol–water partition coefficient (Wildman–Crippen LogP) is 3.13. The van der Waals surface area contributed by atoms with Crippen LogP contribution in [0.15, 0.2) is 24.3 Å². The molecule has 0 fully saturated rings. The minimum absolute atomic E-state index is 0.00490. The molecule has 0 aliphatic carbocycles. The van der Waals surface area contributed by atoms with Gasteiger partial charge in [0.2, 0.25) is 5.91 Å². The molecule has 0 aliphatic heterocycles. The quantitative estimate of drug-likeness (QED) is 0.849. The molecule has 0 spiro atoms. The van der Waals surface area contributed by atoms with Gasteiger partial charge in [0, 0.05) is 18.2 Å². The molecule has 1 rings (SSSR count). The van der Waals surface area contributed by atoms with Crippen molar-refractivity contribution in [1.82, 2.24) is 5.32 Å². The van der Waals surface area contributed by atoms with Crippen LogP contribution in [0.2, 0.25) is 0 Å². The van der Waals surface area contributed by atoms with E-state index >= 15 is 0 Å². The van der Waals surface area contributed by atoms with Gasteiger partial charge in [-0.2, -0.15) is 11.8 Å². The van der Waals surface area contributed by atoms with Crippen molar-refractivity contribution in [3.63, 3.8) is 0 Å². The number of rotatable bonds is 6. The summed E-state index contributed by atoms with van der Waals surface area (Å²) in [5, 5.41) is 13.0. The van der Waals surface area contributed by atoms with Crippen LogP contribution in [0.25, 0.3) is 0 Å². The number of aliphatic hydroxyl groups excluding tert-OH is 1. The summed E-state index contributed by atoms with van der Waals surface area (Å²) in [6.45, 7) is 8.63. The van der Waals surface area contributed by atoms with Crippen LogP contribution in [0.1, 0.15) is 44.9 Å². The van der Waals surface area contributed by atoms with Crippen molar-refractivity contribution in [2.24, 2.45) is 5.92 Å². The van der Waals surface area contributed by atoms with Gasteiger partial charge in [0.05, 0.1) is 6.10 Å². The standard InChI is InChI=1S/C17H27NO2S/c1-12(11-21-5)16(20)18-10-15(19)13-6-8-14(9-7-13)17(2,3)4/h6-9,12,15,19H,10-11H2,1-5H3,(H,18,20). The number of hydrogen-bond acceptors (Lipinski definition) is 3. The maximum absolute atomic E-state index is 11.8. The molecule has 0 heterocycles. The van der Waals surface area contributed by atoms with Gasteiger partial charge < -0.3 is 10.4 Å². The molecule has 0 saturated heterocycles. The number of benzene rings is 1. The van der Waals surface area contributed by atoms with E-state index in [4.69, 9.17) is 0 Å². The highest BCUT2D eigenvalue weighted by atomic mass is 32.2. The molecule has 1 amide bonds. The van der Waals surface area contributed by atoms with E-state index in [1.54, 1.807) is 11.8 Å². The maximum atomic E-state index is 11.8. The third kappa shape index (κ3) is 5.71. The molecule has 0 bridgehead atoms. The average molecular weight is 309 g/mol. The zero-order valence-corrected chi connectivity index (χ0v) is 14.5. The summed E-state index contributed by atoms with van der Waals surface area (Å²) in [6.07, 6.45) is 1.32. The van der Waals surface area contributed by atoms with Crippen molar-refractivity contribution in [2.75, 3.05) is 18.6 Å². The zero-order chi connectivity index (χ0) is 16.0. The molecule has 2 N–H and O–H groups in total. The number of thioether (sulfide) groups is 1. The molecular formula is C17H27NO2S. The molecule has 0 radical (unpaired) electrons. The summed E-state index contributed by atoms with van der Waals surface area (Å²) in [5.74, 6) is 0.757. The van der Waals surface area contributed by atoms with Crippen molar-refractivity contribution < 1.29 is 9.90 Å². The second-order valence-corrected chi connectivity index (χ2v) is 7.40. The Morgan fingerprint density at radius 1 is 1.29 bits per heavy atom. The minimum Gasteiger partial charge on any atom is -0.387 e. The lowest BCUT2D eigenvalue weighted by molar-refractivity contribution is -0.124. The van der Waals surface area contributed by atoms with E-state index in [2.05, 4.69) is 26.1 Å². The minimum atomic E-state index is -0.663. The highest BCUT2D eigenvalue weighted by Crippen LogP contribution is 2.23. The predicted molar refractivity (Wildman–Crippen MR) is 90.7 cm³/mol. The number of aliphatic hydroxyl groups is 1. The first-order chi connectivity index (χ1) is 9.75. The maximum Gasteiger partial charge on any atom is 0.223 e. The second-order valence-electron chi connectivity index (χ2n) is 6.49. The fraction of sp³-hybridized carbons (Fsp3) is 0.588. The Bertz CT molecular complexity index is 451. The average Bonchev–Trinajstić information content (AvgIpc) is 2.43. The van der Waals surface area contributed by atoms with Gasteiger partial charge in [-0.25, -0.2) is 0 Å². The van der Waals surface area contributed by atoms with Crippen LogP contribution < -0.4 is 5.32 Å². The van der Waals surface area contributed by atoms with Gasteiger partial charge in [0.15, 0.2) is 0 Å². The van der Waals surface area contributed by atoms with E-state index in [1.807, 2.05) is 37.4 Å². The molecular weight excluding hydrogens is 282 g/mol. The Kier molecular flexibility index (Phi) is 6.75. The van der Waals surface area contributed by atoms with Gasteiger partial charge in [0.25, 0.3) is 0 Å². The van der Waals surface area contributed by atoms with E-state index in [0.717, 1.165) is 11.3 Å². The molecule has 21 heavy (non-hydrogen) atoms. The van der Waals surface area contributed by atoms with Gasteiger partial charge >= 0.3 is 0 Å². The summed E-state index contributed by atoms with van der Waals surface area (Å²) < 4.78 is 0. The summed E-state index contributed by atoms with van der Waals surface area (Å²) in [4.78, 5) is 11.8. The van der Waals surface area contributed by atoms with Crippen molar-refractivity contribution >= 4 is 17.7 Å². The molecule has 2 unspecified atom stereocenters. The Labute approximate surface area is 132 Å². The largest absolute Gasteiger partial charge is 0.387 e. The summed E-state index contributed by atoms with van der Waals surface area (Å²) in [7, 11) is 0. The molecule has 4 heteroatoms. The van der Waals surface area contributed by atoms with Crippen molar-refractivity contribution in [3.8, 4) is 0 Å². The van der Waals surface area contributed by atoms with Crippen LogP contribution in [0.4, 0.5) is 0 Å². The van der Waals surface area contributed by atoms with Crippen LogP contribution in [0, 0.1) is 5.92 Å². The second kappa shape index (κ2) is 7.85. The number of nitrogens with one attached hydrogen (secondary N) is 1. The summed E-state index contributed by atoms with van der Waals surface area (Å²) >= 11 is 1.65. The third-order valence-corrected chi connectivity index (χ3v) is 4.33. The van der Waals surface area contributed by atoms with E-state index in [1.165, 1.54) is 5.56 Å². The lowest BCUT2D eigenvalue weighted by Crippen LogP contribution is -2.33. The van der Waals surface area contributed by atoms with E-state index in [9.17, 15) is 9.90 Å². The normalized spacial score (nSPS) is 14.6. The van der Waals surface area contributed by atoms with Crippen molar-refractivity contribution in [2.45, 2.75) is 39.2 Å². The first kappa shape index (κ1) is 18.1. The van der Waals surface area contributed by atoms with E-state index in [-0.39, 0.29) is 23.8 Å². The van der Waals surface area contributed by atoms with Crippen LogP contribution in [-0.2, 0) is 10.2 Å². The molecule has 1 aromatic carbocycles. The fourth-order valence-corrected chi connectivity index (χ4v) is 2.67. The molecule has 118 valence electrons. The Hall–Kier alpha value is -1.00. The van der Waals surface area contributed by atoms with E-state index < -0.39 is 6.10 Å². The molecule has 2 atom stereocenters. The van der Waals surface area contributed by atoms with Gasteiger partial charge in [-0.1, -0.05) is 52.0 Å².